The second kappa shape index (κ2) is 7.99. The molecule has 1 amide bonds. The van der Waals surface area contributed by atoms with Crippen molar-refractivity contribution in [2.45, 2.75) is 25.8 Å². The van der Waals surface area contributed by atoms with Crippen LogP contribution in [0.5, 0.6) is 0 Å². The second-order valence-electron chi connectivity index (χ2n) is 6.61. The minimum absolute atomic E-state index is 0.121. The van der Waals surface area contributed by atoms with Gasteiger partial charge in [-0.3, -0.25) is 14.9 Å². The quantitative estimate of drug-likeness (QED) is 0.605. The highest BCUT2D eigenvalue weighted by Gasteiger charge is 2.23. The standard InChI is InChI=1S/C20H23N3O3/c1-21(20(24)17-10-4-6-12-19(17)23(25)26)15-16-9-3-5-11-18(16)22-13-7-2-8-14-22/h3-6,9-12H,2,7-8,13-15H2,1H3. The van der Waals surface area contributed by atoms with E-state index in [1.807, 2.05) is 18.2 Å². The molecule has 0 aliphatic carbocycles. The molecule has 1 aliphatic rings. The molecule has 2 aromatic rings. The van der Waals surface area contributed by atoms with Crippen molar-refractivity contribution in [3.8, 4) is 0 Å². The number of nitrogens with zero attached hydrogens (tertiary/aromatic N) is 3. The molecule has 6 heteroatoms. The average Bonchev–Trinajstić information content (AvgIpc) is 2.68. The fourth-order valence-electron chi connectivity index (χ4n) is 3.43. The molecule has 136 valence electrons. The van der Waals surface area contributed by atoms with Crippen molar-refractivity contribution < 1.29 is 9.72 Å². The van der Waals surface area contributed by atoms with Gasteiger partial charge < -0.3 is 9.80 Å². The number of carbonyl (C=O) groups excluding carboxylic acids is 1. The van der Waals surface area contributed by atoms with E-state index in [0.717, 1.165) is 24.3 Å². The molecule has 2 aromatic carbocycles. The van der Waals surface area contributed by atoms with Gasteiger partial charge >= 0.3 is 0 Å². The Kier molecular flexibility index (Phi) is 5.51. The summed E-state index contributed by atoms with van der Waals surface area (Å²) >= 11 is 0. The Balaban J connectivity index is 1.81. The van der Waals surface area contributed by atoms with E-state index in [2.05, 4.69) is 11.0 Å². The minimum atomic E-state index is -0.511. The molecule has 1 aliphatic heterocycles. The highest BCUT2D eigenvalue weighted by Crippen LogP contribution is 2.26. The minimum Gasteiger partial charge on any atom is -0.371 e. The van der Waals surface area contributed by atoms with Gasteiger partial charge in [-0.2, -0.15) is 0 Å². The van der Waals surface area contributed by atoms with Crippen LogP contribution in [0.15, 0.2) is 48.5 Å². The molecule has 0 N–H and O–H groups in total. The van der Waals surface area contributed by atoms with Gasteiger partial charge in [0.25, 0.3) is 11.6 Å². The van der Waals surface area contributed by atoms with Gasteiger partial charge in [-0.05, 0) is 37.0 Å². The normalized spacial score (nSPS) is 14.1. The molecule has 0 saturated carbocycles. The number of nitro benzene ring substituents is 1. The first-order chi connectivity index (χ1) is 12.6. The second-order valence-corrected chi connectivity index (χ2v) is 6.61. The number of anilines is 1. The van der Waals surface area contributed by atoms with Gasteiger partial charge in [-0.1, -0.05) is 30.3 Å². The summed E-state index contributed by atoms with van der Waals surface area (Å²) in [5.74, 6) is -0.342. The summed E-state index contributed by atoms with van der Waals surface area (Å²) < 4.78 is 0. The van der Waals surface area contributed by atoms with Gasteiger partial charge in [0, 0.05) is 38.4 Å². The van der Waals surface area contributed by atoms with Crippen LogP contribution >= 0.6 is 0 Å². The molecular weight excluding hydrogens is 330 g/mol. The lowest BCUT2D eigenvalue weighted by Gasteiger charge is -2.31. The SMILES string of the molecule is CN(Cc1ccccc1N1CCCCC1)C(=O)c1ccccc1[N+](=O)[O-]. The third-order valence-corrected chi connectivity index (χ3v) is 4.77. The summed E-state index contributed by atoms with van der Waals surface area (Å²) in [6, 6.07) is 14.2. The van der Waals surface area contributed by atoms with Crippen molar-refractivity contribution in [2.24, 2.45) is 0 Å². The Bertz CT molecular complexity index is 800. The Morgan fingerprint density at radius 1 is 1.08 bits per heavy atom. The highest BCUT2D eigenvalue weighted by atomic mass is 16.6. The first-order valence-electron chi connectivity index (χ1n) is 8.89. The predicted octanol–water partition coefficient (Wildman–Crippen LogP) is 3.86. The maximum absolute atomic E-state index is 12.8. The average molecular weight is 353 g/mol. The number of hydrogen-bond donors (Lipinski definition) is 0. The summed E-state index contributed by atoms with van der Waals surface area (Å²) in [5.41, 5.74) is 2.17. The molecule has 6 nitrogen and oxygen atoms in total. The highest BCUT2D eigenvalue weighted by molar-refractivity contribution is 5.98. The van der Waals surface area contributed by atoms with E-state index < -0.39 is 4.92 Å². The Labute approximate surface area is 153 Å². The molecule has 1 saturated heterocycles. The largest absolute Gasteiger partial charge is 0.371 e. The summed E-state index contributed by atoms with van der Waals surface area (Å²) in [6.07, 6.45) is 3.62. The number of rotatable bonds is 5. The maximum atomic E-state index is 12.8. The number of benzene rings is 2. The molecule has 26 heavy (non-hydrogen) atoms. The Hall–Kier alpha value is -2.89. The zero-order valence-corrected chi connectivity index (χ0v) is 14.9. The van der Waals surface area contributed by atoms with Crippen molar-refractivity contribution >= 4 is 17.3 Å². The molecule has 0 spiro atoms. The van der Waals surface area contributed by atoms with Crippen LogP contribution in [0.25, 0.3) is 0 Å². The van der Waals surface area contributed by atoms with Gasteiger partial charge in [-0.15, -0.1) is 0 Å². The van der Waals surface area contributed by atoms with Gasteiger partial charge in [0.15, 0.2) is 0 Å². The van der Waals surface area contributed by atoms with E-state index in [1.54, 1.807) is 24.1 Å². The predicted molar refractivity (Wildman–Crippen MR) is 101 cm³/mol. The number of piperidine rings is 1. The Morgan fingerprint density at radius 2 is 1.73 bits per heavy atom. The molecular formula is C20H23N3O3. The molecule has 1 fully saturated rings. The van der Waals surface area contributed by atoms with Crippen molar-refractivity contribution in [1.29, 1.82) is 0 Å². The number of para-hydroxylation sites is 2. The van der Waals surface area contributed by atoms with Crippen LogP contribution in [-0.4, -0.2) is 35.9 Å². The maximum Gasteiger partial charge on any atom is 0.282 e. The smallest absolute Gasteiger partial charge is 0.282 e. The van der Waals surface area contributed by atoms with Crippen LogP contribution in [0, 0.1) is 10.1 Å². The molecule has 0 atom stereocenters. The van der Waals surface area contributed by atoms with Crippen LogP contribution in [0.2, 0.25) is 0 Å². The first-order valence-corrected chi connectivity index (χ1v) is 8.89. The fourth-order valence-corrected chi connectivity index (χ4v) is 3.43. The van der Waals surface area contributed by atoms with E-state index in [4.69, 9.17) is 0 Å². The first kappa shape index (κ1) is 17.9. The van der Waals surface area contributed by atoms with Gasteiger partial charge in [0.1, 0.15) is 5.56 Å². The topological polar surface area (TPSA) is 66.7 Å². The number of hydrogen-bond acceptors (Lipinski definition) is 4. The zero-order valence-electron chi connectivity index (χ0n) is 14.9. The molecule has 0 aromatic heterocycles. The summed E-state index contributed by atoms with van der Waals surface area (Å²) in [6.45, 7) is 2.47. The van der Waals surface area contributed by atoms with E-state index in [-0.39, 0.29) is 17.2 Å². The van der Waals surface area contributed by atoms with Crippen LogP contribution < -0.4 is 4.90 Å². The van der Waals surface area contributed by atoms with Crippen molar-refractivity contribution in [2.75, 3.05) is 25.0 Å². The third kappa shape index (κ3) is 3.85. The lowest BCUT2D eigenvalue weighted by atomic mass is 10.1. The van der Waals surface area contributed by atoms with E-state index in [9.17, 15) is 14.9 Å². The van der Waals surface area contributed by atoms with Gasteiger partial charge in [-0.25, -0.2) is 0 Å². The van der Waals surface area contributed by atoms with E-state index >= 15 is 0 Å². The van der Waals surface area contributed by atoms with Crippen LogP contribution in [0.3, 0.4) is 0 Å². The van der Waals surface area contributed by atoms with E-state index in [1.165, 1.54) is 31.4 Å². The number of nitro groups is 1. The summed E-state index contributed by atoms with van der Waals surface area (Å²) in [7, 11) is 1.69. The van der Waals surface area contributed by atoms with Crippen LogP contribution in [0.4, 0.5) is 11.4 Å². The zero-order chi connectivity index (χ0) is 18.5. The van der Waals surface area contributed by atoms with Crippen molar-refractivity contribution in [1.82, 2.24) is 4.90 Å². The van der Waals surface area contributed by atoms with Crippen molar-refractivity contribution in [3.63, 3.8) is 0 Å². The fraction of sp³-hybridized carbons (Fsp3) is 0.350. The summed E-state index contributed by atoms with van der Waals surface area (Å²) in [5, 5.41) is 11.2. The lowest BCUT2D eigenvalue weighted by Crippen LogP contribution is -2.32. The monoisotopic (exact) mass is 353 g/mol. The van der Waals surface area contributed by atoms with Gasteiger partial charge in [0.2, 0.25) is 0 Å². The molecule has 0 bridgehead atoms. The molecule has 3 rings (SSSR count). The molecule has 1 heterocycles. The molecule has 0 unspecified atom stereocenters. The lowest BCUT2D eigenvalue weighted by molar-refractivity contribution is -0.385. The van der Waals surface area contributed by atoms with E-state index in [0.29, 0.717) is 6.54 Å². The van der Waals surface area contributed by atoms with Gasteiger partial charge in [0.05, 0.1) is 4.92 Å². The van der Waals surface area contributed by atoms with Crippen LogP contribution in [0.1, 0.15) is 35.2 Å². The van der Waals surface area contributed by atoms with Crippen molar-refractivity contribution in [3.05, 3.63) is 69.8 Å². The third-order valence-electron chi connectivity index (χ3n) is 4.77. The Morgan fingerprint density at radius 3 is 2.46 bits per heavy atom. The van der Waals surface area contributed by atoms with Crippen LogP contribution in [-0.2, 0) is 6.54 Å². The number of carbonyl (C=O) groups is 1. The molecule has 0 radical (unpaired) electrons. The summed E-state index contributed by atoms with van der Waals surface area (Å²) in [4.78, 5) is 27.4. The number of amides is 1.